The van der Waals surface area contributed by atoms with Crippen LogP contribution in [0.1, 0.15) is 25.7 Å². The van der Waals surface area contributed by atoms with Gasteiger partial charge in [0.1, 0.15) is 12.8 Å². The van der Waals surface area contributed by atoms with Crippen LogP contribution in [0.15, 0.2) is 12.2 Å². The summed E-state index contributed by atoms with van der Waals surface area (Å²) >= 11 is 0. The molecule has 18 heavy (non-hydrogen) atoms. The predicted molar refractivity (Wildman–Crippen MR) is 63.4 cm³/mol. The highest BCUT2D eigenvalue weighted by Gasteiger charge is 2.25. The number of imide groups is 1. The Hall–Kier alpha value is -1.98. The van der Waals surface area contributed by atoms with Crippen molar-refractivity contribution < 1.29 is 19.2 Å². The minimum Gasteiger partial charge on any atom is -0.355 e. The van der Waals surface area contributed by atoms with Crippen molar-refractivity contribution in [3.05, 3.63) is 12.2 Å². The molecule has 0 fully saturated rings. The lowest BCUT2D eigenvalue weighted by atomic mass is 10.2. The fourth-order valence-corrected chi connectivity index (χ4v) is 1.54. The summed E-state index contributed by atoms with van der Waals surface area (Å²) in [7, 11) is 0. The molecule has 0 saturated heterocycles. The maximum atomic E-state index is 11.4. The molecule has 1 rings (SSSR count). The van der Waals surface area contributed by atoms with Gasteiger partial charge in [0, 0.05) is 25.1 Å². The normalized spacial score (nSPS) is 14.1. The Labute approximate surface area is 105 Å². The molecular weight excluding hydrogens is 236 g/mol. The molecule has 0 atom stereocenters. The lowest BCUT2D eigenvalue weighted by molar-refractivity contribution is -0.141. The summed E-state index contributed by atoms with van der Waals surface area (Å²) in [6.07, 6.45) is 6.16. The average Bonchev–Trinajstić information content (AvgIpc) is 2.65. The van der Waals surface area contributed by atoms with E-state index < -0.39 is 11.8 Å². The second-order valence-corrected chi connectivity index (χ2v) is 3.96. The van der Waals surface area contributed by atoms with Crippen LogP contribution in [0.3, 0.4) is 0 Å². The number of rotatable bonds is 8. The van der Waals surface area contributed by atoms with E-state index in [9.17, 15) is 19.2 Å². The van der Waals surface area contributed by atoms with Gasteiger partial charge >= 0.3 is 0 Å². The maximum absolute atomic E-state index is 11.4. The molecule has 6 nitrogen and oxygen atoms in total. The van der Waals surface area contributed by atoms with E-state index in [2.05, 4.69) is 5.32 Å². The molecular formula is C12H16N2O4. The van der Waals surface area contributed by atoms with Gasteiger partial charge in [0.05, 0.1) is 0 Å². The number of hydrogen-bond donors (Lipinski definition) is 1. The van der Waals surface area contributed by atoms with E-state index in [1.54, 1.807) is 0 Å². The third kappa shape index (κ3) is 4.48. The van der Waals surface area contributed by atoms with Gasteiger partial charge in [-0.05, 0) is 12.8 Å². The molecule has 0 radical (unpaired) electrons. The van der Waals surface area contributed by atoms with Crippen LogP contribution in [0.4, 0.5) is 0 Å². The van der Waals surface area contributed by atoms with Crippen LogP contribution in [0.2, 0.25) is 0 Å². The van der Waals surface area contributed by atoms with Crippen LogP contribution in [-0.2, 0) is 19.2 Å². The second-order valence-electron chi connectivity index (χ2n) is 3.96. The van der Waals surface area contributed by atoms with Crippen molar-refractivity contribution in [2.75, 3.05) is 13.1 Å². The van der Waals surface area contributed by atoms with Crippen LogP contribution in [0, 0.1) is 0 Å². The van der Waals surface area contributed by atoms with Gasteiger partial charge in [-0.3, -0.25) is 19.3 Å². The number of carbonyl (C=O) groups excluding carboxylic acids is 4. The average molecular weight is 252 g/mol. The predicted octanol–water partition coefficient (Wildman–Crippen LogP) is -0.213. The van der Waals surface area contributed by atoms with Crippen molar-refractivity contribution in [1.82, 2.24) is 10.2 Å². The third-order valence-corrected chi connectivity index (χ3v) is 2.52. The Morgan fingerprint density at radius 2 is 1.83 bits per heavy atom. The number of nitrogens with one attached hydrogen (secondary N) is 1. The minimum absolute atomic E-state index is 0.237. The maximum Gasteiger partial charge on any atom is 0.254 e. The van der Waals surface area contributed by atoms with Crippen molar-refractivity contribution in [3.63, 3.8) is 0 Å². The summed E-state index contributed by atoms with van der Waals surface area (Å²) in [6, 6.07) is 0. The standard InChI is InChI=1S/C12H16N2O4/c15-8-4-2-1-3-7-13-10(16)9-14-11(17)5-6-12(14)18/h5-6,8H,1-4,7,9H2,(H,13,16). The Morgan fingerprint density at radius 3 is 2.44 bits per heavy atom. The zero-order chi connectivity index (χ0) is 13.4. The number of amides is 3. The first kappa shape index (κ1) is 14.1. The topological polar surface area (TPSA) is 83.6 Å². The lowest BCUT2D eigenvalue weighted by Crippen LogP contribution is -2.40. The first-order valence-electron chi connectivity index (χ1n) is 5.89. The molecule has 0 aliphatic carbocycles. The molecule has 1 aliphatic heterocycles. The fraction of sp³-hybridized carbons (Fsp3) is 0.500. The van der Waals surface area contributed by atoms with Gasteiger partial charge < -0.3 is 10.1 Å². The Kier molecular flexibility index (Phi) is 5.76. The molecule has 0 saturated carbocycles. The number of unbranched alkanes of at least 4 members (excludes halogenated alkanes) is 3. The summed E-state index contributed by atoms with van der Waals surface area (Å²) in [6.45, 7) is 0.250. The minimum atomic E-state index is -0.457. The molecule has 3 amide bonds. The smallest absolute Gasteiger partial charge is 0.254 e. The van der Waals surface area contributed by atoms with Crippen LogP contribution >= 0.6 is 0 Å². The highest BCUT2D eigenvalue weighted by atomic mass is 16.2. The van der Waals surface area contributed by atoms with Crippen LogP contribution in [0.5, 0.6) is 0 Å². The molecule has 1 heterocycles. The van der Waals surface area contributed by atoms with E-state index in [1.807, 2.05) is 0 Å². The molecule has 0 bridgehead atoms. The van der Waals surface area contributed by atoms with Gasteiger partial charge in [-0.2, -0.15) is 0 Å². The van der Waals surface area contributed by atoms with Crippen molar-refractivity contribution >= 4 is 24.0 Å². The van der Waals surface area contributed by atoms with E-state index in [1.165, 1.54) is 0 Å². The lowest BCUT2D eigenvalue weighted by Gasteiger charge is -2.13. The van der Waals surface area contributed by atoms with Crippen molar-refractivity contribution in [1.29, 1.82) is 0 Å². The van der Waals surface area contributed by atoms with Crippen molar-refractivity contribution in [2.24, 2.45) is 0 Å². The third-order valence-electron chi connectivity index (χ3n) is 2.52. The number of aldehydes is 1. The van der Waals surface area contributed by atoms with Gasteiger partial charge in [0.2, 0.25) is 5.91 Å². The van der Waals surface area contributed by atoms with Crippen LogP contribution < -0.4 is 5.32 Å². The fourth-order valence-electron chi connectivity index (χ4n) is 1.54. The van der Waals surface area contributed by atoms with Gasteiger partial charge in [-0.15, -0.1) is 0 Å². The highest BCUT2D eigenvalue weighted by molar-refractivity contribution is 6.14. The van der Waals surface area contributed by atoms with E-state index in [0.29, 0.717) is 13.0 Å². The van der Waals surface area contributed by atoms with Crippen LogP contribution in [0.25, 0.3) is 0 Å². The number of nitrogens with zero attached hydrogens (tertiary/aromatic N) is 1. The number of hydrogen-bond acceptors (Lipinski definition) is 4. The SMILES string of the molecule is O=CCCCCCNC(=O)CN1C(=O)C=CC1=O. The zero-order valence-electron chi connectivity index (χ0n) is 10.1. The molecule has 1 aliphatic rings. The van der Waals surface area contributed by atoms with Gasteiger partial charge in [0.25, 0.3) is 11.8 Å². The molecule has 98 valence electrons. The largest absolute Gasteiger partial charge is 0.355 e. The summed E-state index contributed by atoms with van der Waals surface area (Å²) in [5, 5.41) is 2.63. The van der Waals surface area contributed by atoms with Crippen molar-refractivity contribution in [2.45, 2.75) is 25.7 Å². The van der Waals surface area contributed by atoms with Gasteiger partial charge in [-0.1, -0.05) is 6.42 Å². The molecule has 0 spiro atoms. The molecule has 1 N–H and O–H groups in total. The Balaban J connectivity index is 2.12. The Bertz CT molecular complexity index is 358. The van der Waals surface area contributed by atoms with E-state index in [4.69, 9.17) is 0 Å². The van der Waals surface area contributed by atoms with Gasteiger partial charge in [0.15, 0.2) is 0 Å². The highest BCUT2D eigenvalue weighted by Crippen LogP contribution is 2.02. The first-order valence-corrected chi connectivity index (χ1v) is 5.89. The monoisotopic (exact) mass is 252 g/mol. The Morgan fingerprint density at radius 1 is 1.17 bits per heavy atom. The second kappa shape index (κ2) is 7.37. The van der Waals surface area contributed by atoms with E-state index in [0.717, 1.165) is 42.6 Å². The van der Waals surface area contributed by atoms with Crippen molar-refractivity contribution in [3.8, 4) is 0 Å². The molecule has 0 unspecified atom stereocenters. The molecule has 0 aromatic carbocycles. The van der Waals surface area contributed by atoms with Gasteiger partial charge in [-0.25, -0.2) is 0 Å². The zero-order valence-corrected chi connectivity index (χ0v) is 10.1. The molecule has 6 heteroatoms. The number of carbonyl (C=O) groups is 4. The summed E-state index contributed by atoms with van der Waals surface area (Å²) < 4.78 is 0. The molecule has 0 aromatic heterocycles. The van der Waals surface area contributed by atoms with Crippen LogP contribution in [-0.4, -0.2) is 42.0 Å². The summed E-state index contributed by atoms with van der Waals surface area (Å²) in [5.74, 6) is -1.27. The molecule has 0 aromatic rings. The first-order chi connectivity index (χ1) is 8.65. The summed E-state index contributed by atoms with van der Waals surface area (Å²) in [4.78, 5) is 44.7. The van der Waals surface area contributed by atoms with E-state index >= 15 is 0 Å². The van der Waals surface area contributed by atoms with E-state index in [-0.39, 0.29) is 12.5 Å². The summed E-state index contributed by atoms with van der Waals surface area (Å²) in [5.41, 5.74) is 0. The quantitative estimate of drug-likeness (QED) is 0.368.